The molecule has 2 aliphatic rings. The minimum Gasteiger partial charge on any atom is -0.326 e. The zero-order chi connectivity index (χ0) is 25.8. The van der Waals surface area contributed by atoms with Crippen LogP contribution in [0.3, 0.4) is 0 Å². The number of likely N-dealkylation sites (tertiary alicyclic amines) is 1. The predicted octanol–water partition coefficient (Wildman–Crippen LogP) is 7.67. The standard InChI is InChI=1S/C33H39N3O/c1-24(2)33(37)34-29-11-9-10-27(21-29)26-16-18-35(19-17-26)22-28-23-36(30-12-7-5-4-6-8-13-30)32-20-25(3)14-15-31(28)32/h5,7-15,20-21,23-24,26H,4,6,16-19,22H2,1-3H3,(H,34,37)/b7-5-,13-8-,30-12+. The molecule has 1 aliphatic carbocycles. The highest BCUT2D eigenvalue weighted by Crippen LogP contribution is 2.32. The largest absolute Gasteiger partial charge is 0.326 e. The number of benzene rings is 2. The highest BCUT2D eigenvalue weighted by Gasteiger charge is 2.22. The lowest BCUT2D eigenvalue weighted by Gasteiger charge is -2.32. The molecule has 0 spiro atoms. The van der Waals surface area contributed by atoms with E-state index in [0.717, 1.165) is 51.0 Å². The number of nitrogens with zero attached hydrogens (tertiary/aromatic N) is 2. The fraction of sp³-hybridized carbons (Fsp3) is 0.364. The minimum absolute atomic E-state index is 0.0161. The van der Waals surface area contributed by atoms with Gasteiger partial charge in [0.1, 0.15) is 0 Å². The molecule has 2 aromatic carbocycles. The van der Waals surface area contributed by atoms with Gasteiger partial charge in [0.15, 0.2) is 0 Å². The van der Waals surface area contributed by atoms with Crippen LogP contribution < -0.4 is 5.32 Å². The third-order valence-electron chi connectivity index (χ3n) is 7.64. The SMILES string of the molecule is Cc1ccc2c(CN3CCC(c4cccc(NC(=O)C(C)C)c4)CC3)cn(C3=C/C=C\CC/C=C\3)c2c1. The fourth-order valence-electron chi connectivity index (χ4n) is 5.44. The van der Waals surface area contributed by atoms with Crippen LogP contribution in [-0.4, -0.2) is 28.5 Å². The Labute approximate surface area is 221 Å². The average Bonchev–Trinajstić information content (AvgIpc) is 3.21. The molecule has 1 fully saturated rings. The molecule has 37 heavy (non-hydrogen) atoms. The molecule has 0 bridgehead atoms. The zero-order valence-electron chi connectivity index (χ0n) is 22.4. The summed E-state index contributed by atoms with van der Waals surface area (Å²) in [6, 6.07) is 15.3. The van der Waals surface area contributed by atoms with Crippen LogP contribution >= 0.6 is 0 Å². The maximum atomic E-state index is 12.1. The van der Waals surface area contributed by atoms with Gasteiger partial charge in [-0.15, -0.1) is 0 Å². The lowest BCUT2D eigenvalue weighted by atomic mass is 9.89. The first-order chi connectivity index (χ1) is 18.0. The maximum absolute atomic E-state index is 12.1. The van der Waals surface area contributed by atoms with E-state index in [4.69, 9.17) is 0 Å². The molecule has 1 saturated heterocycles. The van der Waals surface area contributed by atoms with Crippen LogP contribution in [0.1, 0.15) is 62.1 Å². The van der Waals surface area contributed by atoms with E-state index in [9.17, 15) is 4.79 Å². The van der Waals surface area contributed by atoms with Gasteiger partial charge in [0, 0.05) is 35.4 Å². The van der Waals surface area contributed by atoms with E-state index in [1.165, 1.54) is 33.3 Å². The molecule has 4 heteroatoms. The lowest BCUT2D eigenvalue weighted by Crippen LogP contribution is -2.32. The Bertz CT molecular complexity index is 1350. The summed E-state index contributed by atoms with van der Waals surface area (Å²) in [6.07, 6.45) is 18.0. The Morgan fingerprint density at radius 1 is 1.05 bits per heavy atom. The monoisotopic (exact) mass is 493 g/mol. The number of aromatic nitrogens is 1. The van der Waals surface area contributed by atoms with E-state index in [0.29, 0.717) is 5.92 Å². The first kappa shape index (κ1) is 25.3. The summed E-state index contributed by atoms with van der Waals surface area (Å²) >= 11 is 0. The van der Waals surface area contributed by atoms with Crippen LogP contribution in [0.15, 0.2) is 79.0 Å². The van der Waals surface area contributed by atoms with E-state index >= 15 is 0 Å². The Morgan fingerprint density at radius 3 is 2.68 bits per heavy atom. The van der Waals surface area contributed by atoms with Gasteiger partial charge in [-0.2, -0.15) is 0 Å². The number of allylic oxidation sites excluding steroid dienone is 6. The number of carbonyl (C=O) groups is 1. The van der Waals surface area contributed by atoms with Crippen LogP contribution in [0, 0.1) is 12.8 Å². The van der Waals surface area contributed by atoms with Gasteiger partial charge in [-0.25, -0.2) is 0 Å². The fourth-order valence-corrected chi connectivity index (χ4v) is 5.44. The van der Waals surface area contributed by atoms with Crippen molar-refractivity contribution in [1.29, 1.82) is 0 Å². The van der Waals surface area contributed by atoms with E-state index in [1.54, 1.807) is 0 Å². The summed E-state index contributed by atoms with van der Waals surface area (Å²) in [5.74, 6) is 0.591. The summed E-state index contributed by atoms with van der Waals surface area (Å²) < 4.78 is 2.37. The van der Waals surface area contributed by atoms with Crippen LogP contribution in [0.5, 0.6) is 0 Å². The third-order valence-corrected chi connectivity index (χ3v) is 7.64. The molecular weight excluding hydrogens is 454 g/mol. The van der Waals surface area contributed by atoms with Crippen molar-refractivity contribution >= 4 is 28.2 Å². The number of carbonyl (C=O) groups excluding carboxylic acids is 1. The Hall–Kier alpha value is -3.37. The molecule has 1 N–H and O–H groups in total. The first-order valence-corrected chi connectivity index (χ1v) is 13.8. The van der Waals surface area contributed by atoms with Crippen LogP contribution in [0.2, 0.25) is 0 Å². The van der Waals surface area contributed by atoms with E-state index < -0.39 is 0 Å². The summed E-state index contributed by atoms with van der Waals surface area (Å²) in [6.45, 7) is 9.16. The number of hydrogen-bond acceptors (Lipinski definition) is 2. The van der Waals surface area contributed by atoms with Crippen molar-refractivity contribution in [2.45, 2.75) is 58.9 Å². The van der Waals surface area contributed by atoms with Gasteiger partial charge in [-0.05, 0) is 98.7 Å². The molecule has 4 nitrogen and oxygen atoms in total. The molecule has 1 aromatic heterocycles. The number of hydrogen-bond donors (Lipinski definition) is 1. The maximum Gasteiger partial charge on any atom is 0.226 e. The van der Waals surface area contributed by atoms with E-state index in [1.807, 2.05) is 19.9 Å². The van der Waals surface area contributed by atoms with Gasteiger partial charge in [-0.1, -0.05) is 56.3 Å². The Balaban J connectivity index is 1.30. The second-order valence-electron chi connectivity index (χ2n) is 10.9. The Morgan fingerprint density at radius 2 is 1.86 bits per heavy atom. The molecule has 0 radical (unpaired) electrons. The molecule has 1 aliphatic heterocycles. The predicted molar refractivity (Wildman–Crippen MR) is 156 cm³/mol. The van der Waals surface area contributed by atoms with Gasteiger partial charge < -0.3 is 9.88 Å². The lowest BCUT2D eigenvalue weighted by molar-refractivity contribution is -0.118. The van der Waals surface area contributed by atoms with Crippen molar-refractivity contribution in [1.82, 2.24) is 9.47 Å². The van der Waals surface area contributed by atoms with Gasteiger partial charge >= 0.3 is 0 Å². The van der Waals surface area contributed by atoms with Gasteiger partial charge in [0.2, 0.25) is 5.91 Å². The molecule has 0 saturated carbocycles. The summed E-state index contributed by atoms with van der Waals surface area (Å²) in [5, 5.41) is 4.40. The van der Waals surface area contributed by atoms with Crippen molar-refractivity contribution in [3.63, 3.8) is 0 Å². The number of aryl methyl sites for hydroxylation is 1. The molecule has 3 aromatic rings. The number of rotatable bonds is 6. The van der Waals surface area contributed by atoms with Crippen LogP contribution in [-0.2, 0) is 11.3 Å². The molecule has 0 atom stereocenters. The Kier molecular flexibility index (Phi) is 7.76. The number of anilines is 1. The normalized spacial score (nSPS) is 20.3. The smallest absolute Gasteiger partial charge is 0.226 e. The van der Waals surface area contributed by atoms with Gasteiger partial charge in [0.25, 0.3) is 0 Å². The highest BCUT2D eigenvalue weighted by molar-refractivity contribution is 5.92. The second-order valence-corrected chi connectivity index (χ2v) is 10.9. The number of amides is 1. The molecule has 1 amide bonds. The van der Waals surface area contributed by atoms with E-state index in [-0.39, 0.29) is 11.8 Å². The highest BCUT2D eigenvalue weighted by atomic mass is 16.1. The van der Waals surface area contributed by atoms with Gasteiger partial charge in [0.05, 0.1) is 5.52 Å². The van der Waals surface area contributed by atoms with Gasteiger partial charge in [-0.3, -0.25) is 9.69 Å². The average molecular weight is 494 g/mol. The van der Waals surface area contributed by atoms with Crippen LogP contribution in [0.25, 0.3) is 16.6 Å². The van der Waals surface area contributed by atoms with Crippen molar-refractivity contribution in [2.24, 2.45) is 5.92 Å². The minimum atomic E-state index is -0.0161. The molecule has 192 valence electrons. The van der Waals surface area contributed by atoms with Crippen LogP contribution in [0.4, 0.5) is 5.69 Å². The summed E-state index contributed by atoms with van der Waals surface area (Å²) in [7, 11) is 0. The van der Waals surface area contributed by atoms with Crippen molar-refractivity contribution < 1.29 is 4.79 Å². The first-order valence-electron chi connectivity index (χ1n) is 13.8. The summed E-state index contributed by atoms with van der Waals surface area (Å²) in [4.78, 5) is 14.7. The zero-order valence-corrected chi connectivity index (χ0v) is 22.4. The van der Waals surface area contributed by atoms with Crippen molar-refractivity contribution in [3.8, 4) is 0 Å². The number of nitrogens with one attached hydrogen (secondary N) is 1. The molecule has 0 unspecified atom stereocenters. The van der Waals surface area contributed by atoms with Crippen molar-refractivity contribution in [2.75, 3.05) is 18.4 Å². The topological polar surface area (TPSA) is 37.3 Å². The number of piperidine rings is 1. The molecule has 5 rings (SSSR count). The quantitative estimate of drug-likeness (QED) is 0.382. The summed E-state index contributed by atoms with van der Waals surface area (Å²) in [5.41, 5.74) is 7.44. The van der Waals surface area contributed by atoms with Crippen molar-refractivity contribution in [3.05, 3.63) is 95.7 Å². The number of fused-ring (bicyclic) bond motifs is 1. The second kappa shape index (κ2) is 11.4. The van der Waals surface area contributed by atoms with E-state index in [2.05, 4.69) is 94.7 Å². The molecular formula is C33H39N3O. The third kappa shape index (κ3) is 5.97. The molecule has 2 heterocycles.